The quantitative estimate of drug-likeness (QED) is 0.716. The third-order valence-electron chi connectivity index (χ3n) is 2.66. The fraction of sp³-hybridized carbons (Fsp3) is 0.308. The van der Waals surface area contributed by atoms with Gasteiger partial charge >= 0.3 is 0 Å². The average molecular weight is 220 g/mol. The number of carbonyl (C=O) groups excluding carboxylic acids is 1. The molecule has 84 valence electrons. The van der Waals surface area contributed by atoms with E-state index in [2.05, 4.69) is 0 Å². The van der Waals surface area contributed by atoms with E-state index in [9.17, 15) is 9.18 Å². The molecule has 0 bridgehead atoms. The van der Waals surface area contributed by atoms with Gasteiger partial charge in [-0.05, 0) is 31.4 Å². The Balaban J connectivity index is 2.33. The lowest BCUT2D eigenvalue weighted by Gasteiger charge is -2.13. The van der Waals surface area contributed by atoms with Crippen LogP contribution in [0.4, 0.5) is 4.39 Å². The lowest BCUT2D eigenvalue weighted by Crippen LogP contribution is -2.11. The molecule has 3 heteroatoms. The first-order valence-corrected chi connectivity index (χ1v) is 5.30. The first-order chi connectivity index (χ1) is 7.70. The molecule has 0 atom stereocenters. The minimum Gasteiger partial charge on any atom is -0.501 e. The topological polar surface area (TPSA) is 26.3 Å². The molecular weight excluding hydrogens is 207 g/mol. The molecule has 0 N–H and O–H groups in total. The van der Waals surface area contributed by atoms with Crippen LogP contribution in [0.5, 0.6) is 0 Å². The number of Topliss-reactive ketones (excluding diaryl/α,β-unsaturated/α-hetero) is 1. The zero-order valence-electron chi connectivity index (χ0n) is 9.13. The van der Waals surface area contributed by atoms with Gasteiger partial charge < -0.3 is 4.74 Å². The Bertz CT molecular complexity index is 449. The molecule has 0 fully saturated rings. The minimum atomic E-state index is -0.432. The van der Waals surface area contributed by atoms with E-state index in [1.807, 2.05) is 0 Å². The highest BCUT2D eigenvalue weighted by Crippen LogP contribution is 2.20. The third kappa shape index (κ3) is 1.98. The van der Waals surface area contributed by atoms with Gasteiger partial charge in [0, 0.05) is 5.57 Å². The standard InChI is InChI=1S/C13H13FO2/c1-9-4-2-6-11(12(9)14)13(15)10-5-3-7-16-8-10/h2,4,6,8H,3,5,7H2,1H3. The molecule has 1 heterocycles. The predicted molar refractivity (Wildman–Crippen MR) is 58.7 cm³/mol. The molecule has 1 aliphatic rings. The highest BCUT2D eigenvalue weighted by atomic mass is 19.1. The number of hydrogen-bond acceptors (Lipinski definition) is 2. The van der Waals surface area contributed by atoms with Crippen molar-refractivity contribution in [3.05, 3.63) is 47.0 Å². The number of ketones is 1. The second-order valence-corrected chi connectivity index (χ2v) is 3.88. The summed E-state index contributed by atoms with van der Waals surface area (Å²) in [6.07, 6.45) is 2.92. The second-order valence-electron chi connectivity index (χ2n) is 3.88. The summed E-state index contributed by atoms with van der Waals surface area (Å²) >= 11 is 0. The first-order valence-electron chi connectivity index (χ1n) is 5.30. The number of carbonyl (C=O) groups is 1. The smallest absolute Gasteiger partial charge is 0.195 e. The van der Waals surface area contributed by atoms with Crippen LogP contribution in [0.1, 0.15) is 28.8 Å². The van der Waals surface area contributed by atoms with Gasteiger partial charge in [0.1, 0.15) is 5.82 Å². The molecule has 0 radical (unpaired) electrons. The summed E-state index contributed by atoms with van der Waals surface area (Å²) in [6, 6.07) is 4.86. The van der Waals surface area contributed by atoms with Gasteiger partial charge in [0.2, 0.25) is 0 Å². The van der Waals surface area contributed by atoms with Crippen LogP contribution >= 0.6 is 0 Å². The monoisotopic (exact) mass is 220 g/mol. The van der Waals surface area contributed by atoms with E-state index < -0.39 is 5.82 Å². The molecule has 0 saturated carbocycles. The van der Waals surface area contributed by atoms with E-state index in [1.54, 1.807) is 19.1 Å². The van der Waals surface area contributed by atoms with E-state index in [0.29, 0.717) is 24.2 Å². The highest BCUT2D eigenvalue weighted by molar-refractivity contribution is 6.08. The lowest BCUT2D eigenvalue weighted by atomic mass is 9.98. The van der Waals surface area contributed by atoms with E-state index in [-0.39, 0.29) is 11.3 Å². The van der Waals surface area contributed by atoms with E-state index >= 15 is 0 Å². The van der Waals surface area contributed by atoms with Gasteiger partial charge in [0.05, 0.1) is 18.4 Å². The van der Waals surface area contributed by atoms with E-state index in [1.165, 1.54) is 12.3 Å². The Morgan fingerprint density at radius 1 is 1.44 bits per heavy atom. The van der Waals surface area contributed by atoms with Crippen LogP contribution in [0, 0.1) is 12.7 Å². The number of hydrogen-bond donors (Lipinski definition) is 0. The first kappa shape index (κ1) is 10.9. The highest BCUT2D eigenvalue weighted by Gasteiger charge is 2.19. The van der Waals surface area contributed by atoms with Crippen LogP contribution in [-0.2, 0) is 4.74 Å². The lowest BCUT2D eigenvalue weighted by molar-refractivity contribution is 0.101. The maximum atomic E-state index is 13.7. The van der Waals surface area contributed by atoms with Gasteiger partial charge in [-0.15, -0.1) is 0 Å². The summed E-state index contributed by atoms with van der Waals surface area (Å²) in [5, 5.41) is 0. The second kappa shape index (κ2) is 4.47. The molecule has 0 aromatic heterocycles. The van der Waals surface area contributed by atoms with Gasteiger partial charge in [-0.1, -0.05) is 12.1 Å². The van der Waals surface area contributed by atoms with E-state index in [0.717, 1.165) is 6.42 Å². The molecule has 16 heavy (non-hydrogen) atoms. The maximum Gasteiger partial charge on any atom is 0.195 e. The van der Waals surface area contributed by atoms with Crippen molar-refractivity contribution in [1.29, 1.82) is 0 Å². The Labute approximate surface area is 93.7 Å². The van der Waals surface area contributed by atoms with Crippen LogP contribution < -0.4 is 0 Å². The van der Waals surface area contributed by atoms with Crippen LogP contribution in [0.2, 0.25) is 0 Å². The van der Waals surface area contributed by atoms with Gasteiger partial charge in [-0.25, -0.2) is 4.39 Å². The largest absolute Gasteiger partial charge is 0.501 e. The Hall–Kier alpha value is -1.64. The summed E-state index contributed by atoms with van der Waals surface area (Å²) in [5.74, 6) is -0.695. The van der Waals surface area contributed by atoms with Crippen molar-refractivity contribution in [1.82, 2.24) is 0 Å². The number of benzene rings is 1. The Morgan fingerprint density at radius 2 is 2.25 bits per heavy atom. The number of aryl methyl sites for hydroxylation is 1. The minimum absolute atomic E-state index is 0.136. The summed E-state index contributed by atoms with van der Waals surface area (Å²) in [4.78, 5) is 12.0. The summed E-state index contributed by atoms with van der Waals surface area (Å²) < 4.78 is 18.8. The maximum absolute atomic E-state index is 13.7. The van der Waals surface area contributed by atoms with Crippen molar-refractivity contribution in [2.75, 3.05) is 6.61 Å². The molecule has 1 aromatic carbocycles. The van der Waals surface area contributed by atoms with Gasteiger partial charge in [0.25, 0.3) is 0 Å². The van der Waals surface area contributed by atoms with Gasteiger partial charge in [-0.2, -0.15) is 0 Å². The molecule has 1 aromatic rings. The van der Waals surface area contributed by atoms with Crippen molar-refractivity contribution >= 4 is 5.78 Å². The van der Waals surface area contributed by atoms with Crippen molar-refractivity contribution in [2.24, 2.45) is 0 Å². The molecule has 0 unspecified atom stereocenters. The Kier molecular flexibility index (Phi) is 3.04. The fourth-order valence-corrected chi connectivity index (χ4v) is 1.73. The molecular formula is C13H13FO2. The van der Waals surface area contributed by atoms with Crippen LogP contribution in [-0.4, -0.2) is 12.4 Å². The summed E-state index contributed by atoms with van der Waals surface area (Å²) in [6.45, 7) is 2.28. The van der Waals surface area contributed by atoms with Crippen molar-refractivity contribution in [2.45, 2.75) is 19.8 Å². The van der Waals surface area contributed by atoms with Crippen LogP contribution in [0.3, 0.4) is 0 Å². The normalized spacial score (nSPS) is 15.2. The summed E-state index contributed by atoms with van der Waals surface area (Å²) in [7, 11) is 0. The van der Waals surface area contributed by atoms with Gasteiger partial charge in [-0.3, -0.25) is 4.79 Å². The van der Waals surface area contributed by atoms with E-state index in [4.69, 9.17) is 4.74 Å². The predicted octanol–water partition coefficient (Wildman–Crippen LogP) is 3.01. The Morgan fingerprint density at radius 3 is 2.94 bits per heavy atom. The number of allylic oxidation sites excluding steroid dienone is 1. The average Bonchev–Trinajstić information content (AvgIpc) is 2.33. The van der Waals surface area contributed by atoms with Crippen molar-refractivity contribution in [3.63, 3.8) is 0 Å². The molecule has 2 rings (SSSR count). The molecule has 0 amide bonds. The van der Waals surface area contributed by atoms with Crippen LogP contribution in [0.25, 0.3) is 0 Å². The molecule has 0 spiro atoms. The van der Waals surface area contributed by atoms with Crippen LogP contribution in [0.15, 0.2) is 30.0 Å². The SMILES string of the molecule is Cc1cccc(C(=O)C2=COCCC2)c1F. The molecule has 0 aliphatic carbocycles. The summed E-state index contributed by atoms with van der Waals surface area (Å²) in [5.41, 5.74) is 1.18. The third-order valence-corrected chi connectivity index (χ3v) is 2.66. The van der Waals surface area contributed by atoms with Crippen molar-refractivity contribution < 1.29 is 13.9 Å². The van der Waals surface area contributed by atoms with Gasteiger partial charge in [0.15, 0.2) is 5.78 Å². The number of ether oxygens (including phenoxy) is 1. The molecule has 0 saturated heterocycles. The molecule has 2 nitrogen and oxygen atoms in total. The number of rotatable bonds is 2. The van der Waals surface area contributed by atoms with Crippen molar-refractivity contribution in [3.8, 4) is 0 Å². The zero-order valence-corrected chi connectivity index (χ0v) is 9.13. The molecule has 1 aliphatic heterocycles. The fourth-order valence-electron chi connectivity index (χ4n) is 1.73. The zero-order chi connectivity index (χ0) is 11.5. The number of halogens is 1.